The highest BCUT2D eigenvalue weighted by molar-refractivity contribution is 6.10. The van der Waals surface area contributed by atoms with E-state index in [0.717, 1.165) is 78.2 Å². The van der Waals surface area contributed by atoms with Gasteiger partial charge in [0.1, 0.15) is 16.9 Å². The van der Waals surface area contributed by atoms with Crippen LogP contribution in [0.4, 0.5) is 0 Å². The Bertz CT molecular complexity index is 2210. The molecule has 3 heterocycles. The zero-order valence-electron chi connectivity index (χ0n) is 23.2. The maximum absolute atomic E-state index is 6.49. The van der Waals surface area contributed by atoms with Gasteiger partial charge in [0.15, 0.2) is 0 Å². The van der Waals surface area contributed by atoms with E-state index in [0.29, 0.717) is 0 Å². The van der Waals surface area contributed by atoms with Crippen molar-refractivity contribution in [1.29, 1.82) is 0 Å². The van der Waals surface area contributed by atoms with E-state index in [1.165, 1.54) is 0 Å². The third-order valence-electron chi connectivity index (χ3n) is 7.77. The normalized spacial score (nSPS) is 11.3. The molecule has 0 unspecified atom stereocenters. The molecule has 43 heavy (non-hydrogen) atoms. The Labute approximate surface area is 249 Å². The minimum Gasteiger partial charge on any atom is -0.455 e. The number of furan rings is 1. The molecule has 0 aliphatic carbocycles. The van der Waals surface area contributed by atoms with Gasteiger partial charge in [-0.3, -0.25) is 4.98 Å². The van der Waals surface area contributed by atoms with E-state index < -0.39 is 0 Å². The van der Waals surface area contributed by atoms with Crippen LogP contribution in [-0.2, 0) is 0 Å². The van der Waals surface area contributed by atoms with E-state index in [1.54, 1.807) is 0 Å². The number of hydrogen-bond acceptors (Lipinski definition) is 4. The molecule has 202 valence electrons. The molecule has 0 saturated carbocycles. The van der Waals surface area contributed by atoms with Crippen LogP contribution in [0, 0.1) is 0 Å². The van der Waals surface area contributed by atoms with Gasteiger partial charge in [-0.1, -0.05) is 121 Å². The van der Waals surface area contributed by atoms with Crippen LogP contribution in [0.1, 0.15) is 0 Å². The van der Waals surface area contributed by atoms with Gasteiger partial charge in [0.05, 0.1) is 22.8 Å². The lowest BCUT2D eigenvalue weighted by molar-refractivity contribution is 0.670. The minimum atomic E-state index is 0.772. The van der Waals surface area contributed by atoms with Crippen molar-refractivity contribution >= 4 is 21.9 Å². The van der Waals surface area contributed by atoms with E-state index >= 15 is 0 Å². The van der Waals surface area contributed by atoms with Crippen molar-refractivity contribution in [3.8, 4) is 56.3 Å². The second-order valence-electron chi connectivity index (χ2n) is 10.4. The van der Waals surface area contributed by atoms with Crippen molar-refractivity contribution in [2.75, 3.05) is 0 Å². The standard InChI is InChI=1S/C39H25N3O/c1-3-12-27(13-4-1)35-36(28-14-5-2-6-15-28)42-38(32-18-11-17-31-30-16-7-8-20-34(30)43-39(31)32)37(41-35)29-23-21-26(22-24-29)33-19-9-10-25-40-33/h1-25H. The van der Waals surface area contributed by atoms with Crippen molar-refractivity contribution in [1.82, 2.24) is 15.0 Å². The zero-order chi connectivity index (χ0) is 28.6. The van der Waals surface area contributed by atoms with Crippen molar-refractivity contribution in [3.05, 3.63) is 152 Å². The summed E-state index contributed by atoms with van der Waals surface area (Å²) in [6.07, 6.45) is 1.81. The maximum Gasteiger partial charge on any atom is 0.144 e. The number of hydrogen-bond donors (Lipinski definition) is 0. The molecule has 0 fully saturated rings. The summed E-state index contributed by atoms with van der Waals surface area (Å²) >= 11 is 0. The summed E-state index contributed by atoms with van der Waals surface area (Å²) in [6, 6.07) is 49.3. The molecule has 0 N–H and O–H groups in total. The average Bonchev–Trinajstić information content (AvgIpc) is 3.48. The Morgan fingerprint density at radius 2 is 0.953 bits per heavy atom. The number of fused-ring (bicyclic) bond motifs is 3. The molecular formula is C39H25N3O. The highest BCUT2D eigenvalue weighted by Gasteiger charge is 2.22. The van der Waals surface area contributed by atoms with Gasteiger partial charge in [-0.2, -0.15) is 0 Å². The van der Waals surface area contributed by atoms with Gasteiger partial charge in [-0.25, -0.2) is 9.97 Å². The highest BCUT2D eigenvalue weighted by atomic mass is 16.3. The maximum atomic E-state index is 6.49. The topological polar surface area (TPSA) is 51.8 Å². The molecule has 0 amide bonds. The Hall–Kier alpha value is -5.87. The van der Waals surface area contributed by atoms with Gasteiger partial charge >= 0.3 is 0 Å². The Kier molecular flexibility index (Phi) is 6.08. The van der Waals surface area contributed by atoms with E-state index in [2.05, 4.69) is 77.8 Å². The predicted molar refractivity (Wildman–Crippen MR) is 174 cm³/mol. The first-order valence-electron chi connectivity index (χ1n) is 14.3. The van der Waals surface area contributed by atoms with Gasteiger partial charge in [-0.15, -0.1) is 0 Å². The molecule has 0 atom stereocenters. The molecule has 0 radical (unpaired) electrons. The molecule has 0 saturated heterocycles. The summed E-state index contributed by atoms with van der Waals surface area (Å²) in [7, 11) is 0. The van der Waals surface area contributed by atoms with E-state index in [4.69, 9.17) is 14.4 Å². The first-order chi connectivity index (χ1) is 21.3. The smallest absolute Gasteiger partial charge is 0.144 e. The summed E-state index contributed by atoms with van der Waals surface area (Å²) in [6.45, 7) is 0. The summed E-state index contributed by atoms with van der Waals surface area (Å²) in [5.41, 5.74) is 10.7. The Balaban J connectivity index is 1.42. The molecule has 8 rings (SSSR count). The summed E-state index contributed by atoms with van der Waals surface area (Å²) in [4.78, 5) is 15.4. The minimum absolute atomic E-state index is 0.772. The Morgan fingerprint density at radius 3 is 1.65 bits per heavy atom. The fraction of sp³-hybridized carbons (Fsp3) is 0. The van der Waals surface area contributed by atoms with E-state index in [9.17, 15) is 0 Å². The molecule has 0 bridgehead atoms. The number of benzene rings is 5. The van der Waals surface area contributed by atoms with Crippen LogP contribution in [0.25, 0.3) is 78.2 Å². The third kappa shape index (κ3) is 4.46. The lowest BCUT2D eigenvalue weighted by atomic mass is 9.97. The quantitative estimate of drug-likeness (QED) is 0.214. The zero-order valence-corrected chi connectivity index (χ0v) is 23.2. The van der Waals surface area contributed by atoms with Gasteiger partial charge in [0, 0.05) is 44.8 Å². The van der Waals surface area contributed by atoms with Crippen LogP contribution in [0.5, 0.6) is 0 Å². The molecule has 0 aliphatic heterocycles. The summed E-state index contributed by atoms with van der Waals surface area (Å²) < 4.78 is 6.49. The second-order valence-corrected chi connectivity index (χ2v) is 10.4. The van der Waals surface area contributed by atoms with Crippen LogP contribution in [-0.4, -0.2) is 15.0 Å². The summed E-state index contributed by atoms with van der Waals surface area (Å²) in [5.74, 6) is 0. The number of rotatable bonds is 5. The van der Waals surface area contributed by atoms with Crippen molar-refractivity contribution < 1.29 is 4.42 Å². The van der Waals surface area contributed by atoms with Gasteiger partial charge in [0.2, 0.25) is 0 Å². The SMILES string of the molecule is c1ccc(-c2nc(-c3ccc(-c4ccccn4)cc3)c(-c3cccc4c3oc3ccccc34)nc2-c2ccccc2)cc1. The molecular weight excluding hydrogens is 526 g/mol. The van der Waals surface area contributed by atoms with Crippen molar-refractivity contribution in [2.45, 2.75) is 0 Å². The van der Waals surface area contributed by atoms with Crippen LogP contribution in [0.2, 0.25) is 0 Å². The lowest BCUT2D eigenvalue weighted by Crippen LogP contribution is -2.01. The predicted octanol–water partition coefficient (Wildman–Crippen LogP) is 10.1. The number of aromatic nitrogens is 3. The lowest BCUT2D eigenvalue weighted by Gasteiger charge is -2.16. The first-order valence-corrected chi connectivity index (χ1v) is 14.3. The van der Waals surface area contributed by atoms with E-state index in [1.807, 2.05) is 79.0 Å². The van der Waals surface area contributed by atoms with Crippen LogP contribution in [0.3, 0.4) is 0 Å². The monoisotopic (exact) mass is 551 g/mol. The Morgan fingerprint density at radius 1 is 0.395 bits per heavy atom. The van der Waals surface area contributed by atoms with Gasteiger partial charge < -0.3 is 4.42 Å². The first kappa shape index (κ1) is 24.9. The molecule has 4 nitrogen and oxygen atoms in total. The molecule has 0 aliphatic rings. The van der Waals surface area contributed by atoms with Crippen molar-refractivity contribution in [3.63, 3.8) is 0 Å². The molecule has 0 spiro atoms. The highest BCUT2D eigenvalue weighted by Crippen LogP contribution is 2.41. The van der Waals surface area contributed by atoms with Crippen LogP contribution >= 0.6 is 0 Å². The largest absolute Gasteiger partial charge is 0.455 e. The number of pyridine rings is 1. The van der Waals surface area contributed by atoms with Gasteiger partial charge in [-0.05, 0) is 24.3 Å². The molecule has 3 aromatic heterocycles. The second kappa shape index (κ2) is 10.5. The summed E-state index contributed by atoms with van der Waals surface area (Å²) in [5, 5.41) is 2.14. The third-order valence-corrected chi connectivity index (χ3v) is 7.77. The van der Waals surface area contributed by atoms with Gasteiger partial charge in [0.25, 0.3) is 0 Å². The van der Waals surface area contributed by atoms with Crippen LogP contribution in [0.15, 0.2) is 156 Å². The average molecular weight is 552 g/mol. The fourth-order valence-corrected chi connectivity index (χ4v) is 5.69. The van der Waals surface area contributed by atoms with Crippen molar-refractivity contribution in [2.24, 2.45) is 0 Å². The van der Waals surface area contributed by atoms with Crippen LogP contribution < -0.4 is 0 Å². The van der Waals surface area contributed by atoms with E-state index in [-0.39, 0.29) is 0 Å². The molecule has 4 heteroatoms. The number of nitrogens with zero attached hydrogens (tertiary/aromatic N) is 3. The number of para-hydroxylation sites is 2. The fourth-order valence-electron chi connectivity index (χ4n) is 5.69. The molecule has 5 aromatic carbocycles. The molecule has 8 aromatic rings.